The molecule has 0 radical (unpaired) electrons. The Hall–Kier alpha value is -2.96. The summed E-state index contributed by atoms with van der Waals surface area (Å²) in [6.45, 7) is 4.73. The molecule has 0 unspecified atom stereocenters. The fourth-order valence-electron chi connectivity index (χ4n) is 2.36. The highest BCUT2D eigenvalue weighted by Crippen LogP contribution is 2.06. The second kappa shape index (κ2) is 8.77. The Kier molecular flexibility index (Phi) is 6.45. The first kappa shape index (κ1) is 18.4. The zero-order chi connectivity index (χ0) is 18.2. The number of aromatic carboxylic acids is 1. The normalized spacial score (nSPS) is 10.3. The fourth-order valence-corrected chi connectivity index (χ4v) is 2.36. The monoisotopic (exact) mass is 342 g/mol. The van der Waals surface area contributed by atoms with E-state index >= 15 is 0 Å². The van der Waals surface area contributed by atoms with Crippen LogP contribution in [0.25, 0.3) is 0 Å². The van der Waals surface area contributed by atoms with Crippen molar-refractivity contribution in [3.63, 3.8) is 0 Å². The molecular formula is C18H22N4O3. The molecule has 0 atom stereocenters. The number of hydrogen-bond donors (Lipinski definition) is 3. The molecule has 0 aliphatic rings. The van der Waals surface area contributed by atoms with Gasteiger partial charge in [0.05, 0.1) is 5.56 Å². The van der Waals surface area contributed by atoms with Gasteiger partial charge in [-0.15, -0.1) is 0 Å². The third kappa shape index (κ3) is 6.21. The number of carbonyl (C=O) groups is 2. The molecule has 1 aromatic heterocycles. The molecule has 2 aromatic rings. The summed E-state index contributed by atoms with van der Waals surface area (Å²) >= 11 is 0. The van der Waals surface area contributed by atoms with Gasteiger partial charge in [-0.3, -0.25) is 4.79 Å². The van der Waals surface area contributed by atoms with Crippen molar-refractivity contribution in [2.75, 3.05) is 11.9 Å². The lowest BCUT2D eigenvalue weighted by molar-refractivity contribution is -0.121. The largest absolute Gasteiger partial charge is 0.478 e. The second-order valence-electron chi connectivity index (χ2n) is 5.79. The number of aromatic nitrogens is 2. The summed E-state index contributed by atoms with van der Waals surface area (Å²) in [7, 11) is 0. The molecular weight excluding hydrogens is 320 g/mol. The van der Waals surface area contributed by atoms with Gasteiger partial charge in [-0.05, 0) is 44.0 Å². The van der Waals surface area contributed by atoms with E-state index in [1.165, 1.54) is 6.07 Å². The number of carboxylic acid groups (broad SMARTS) is 1. The summed E-state index contributed by atoms with van der Waals surface area (Å²) in [5.41, 5.74) is 2.77. The van der Waals surface area contributed by atoms with Crippen molar-refractivity contribution in [1.29, 1.82) is 0 Å². The number of carboxylic acids is 1. The third-order valence-electron chi connectivity index (χ3n) is 3.51. The number of rotatable bonds is 8. The molecule has 7 nitrogen and oxygen atoms in total. The minimum atomic E-state index is -0.979. The van der Waals surface area contributed by atoms with Gasteiger partial charge in [-0.2, -0.15) is 0 Å². The van der Waals surface area contributed by atoms with Gasteiger partial charge in [-0.25, -0.2) is 14.8 Å². The van der Waals surface area contributed by atoms with Crippen LogP contribution in [0.15, 0.2) is 30.3 Å². The average molecular weight is 342 g/mol. The Morgan fingerprint density at radius 2 is 1.84 bits per heavy atom. The van der Waals surface area contributed by atoms with Crippen LogP contribution in [0.4, 0.5) is 5.95 Å². The third-order valence-corrected chi connectivity index (χ3v) is 3.51. The minimum absolute atomic E-state index is 0.0798. The Morgan fingerprint density at radius 3 is 2.52 bits per heavy atom. The highest BCUT2D eigenvalue weighted by Gasteiger charge is 2.05. The van der Waals surface area contributed by atoms with Crippen LogP contribution < -0.4 is 10.6 Å². The SMILES string of the molecule is Cc1cc(C)nc(NCCCC(=O)NCc2cccc(C(=O)O)c2)n1. The lowest BCUT2D eigenvalue weighted by Crippen LogP contribution is -2.23. The van der Waals surface area contributed by atoms with E-state index in [9.17, 15) is 9.59 Å². The molecule has 0 fully saturated rings. The highest BCUT2D eigenvalue weighted by atomic mass is 16.4. The number of benzene rings is 1. The first-order chi connectivity index (χ1) is 11.9. The minimum Gasteiger partial charge on any atom is -0.478 e. The van der Waals surface area contributed by atoms with Gasteiger partial charge in [0, 0.05) is 30.9 Å². The molecule has 0 saturated carbocycles. The van der Waals surface area contributed by atoms with Gasteiger partial charge in [0.1, 0.15) is 0 Å². The van der Waals surface area contributed by atoms with Crippen LogP contribution in [0.5, 0.6) is 0 Å². The van der Waals surface area contributed by atoms with Crippen LogP contribution in [-0.2, 0) is 11.3 Å². The maximum Gasteiger partial charge on any atom is 0.335 e. The van der Waals surface area contributed by atoms with Gasteiger partial charge in [0.15, 0.2) is 0 Å². The number of aryl methyl sites for hydroxylation is 2. The zero-order valence-corrected chi connectivity index (χ0v) is 14.4. The van der Waals surface area contributed by atoms with Crippen molar-refractivity contribution in [3.8, 4) is 0 Å². The molecule has 1 amide bonds. The number of anilines is 1. The molecule has 3 N–H and O–H groups in total. The second-order valence-corrected chi connectivity index (χ2v) is 5.79. The van der Waals surface area contributed by atoms with Crippen molar-refractivity contribution in [2.24, 2.45) is 0 Å². The summed E-state index contributed by atoms with van der Waals surface area (Å²) in [5.74, 6) is -0.486. The molecule has 1 aromatic carbocycles. The highest BCUT2D eigenvalue weighted by molar-refractivity contribution is 5.87. The lowest BCUT2D eigenvalue weighted by atomic mass is 10.1. The van der Waals surface area contributed by atoms with E-state index in [4.69, 9.17) is 5.11 Å². The Bertz CT molecular complexity index is 741. The van der Waals surface area contributed by atoms with E-state index < -0.39 is 5.97 Å². The van der Waals surface area contributed by atoms with Crippen molar-refractivity contribution >= 4 is 17.8 Å². The quantitative estimate of drug-likeness (QED) is 0.636. The zero-order valence-electron chi connectivity index (χ0n) is 14.4. The predicted octanol–water partition coefficient (Wildman–Crippen LogP) is 2.30. The molecule has 2 rings (SSSR count). The van der Waals surface area contributed by atoms with Crippen LogP contribution in [0.2, 0.25) is 0 Å². The Morgan fingerprint density at radius 1 is 1.12 bits per heavy atom. The molecule has 1 heterocycles. The average Bonchev–Trinajstić information content (AvgIpc) is 2.56. The molecule has 0 spiro atoms. The Balaban J connectivity index is 1.70. The standard InChI is InChI=1S/C18H22N4O3/c1-12-9-13(2)22-18(21-12)19-8-4-7-16(23)20-11-14-5-3-6-15(10-14)17(24)25/h3,5-6,9-10H,4,7-8,11H2,1-2H3,(H,20,23)(H,24,25)(H,19,21,22). The van der Waals surface area contributed by atoms with Gasteiger partial charge < -0.3 is 15.7 Å². The van der Waals surface area contributed by atoms with E-state index in [-0.39, 0.29) is 11.5 Å². The number of hydrogen-bond acceptors (Lipinski definition) is 5. The number of carbonyl (C=O) groups excluding carboxylic acids is 1. The fraction of sp³-hybridized carbons (Fsp3) is 0.333. The van der Waals surface area contributed by atoms with Gasteiger partial charge in [-0.1, -0.05) is 12.1 Å². The predicted molar refractivity (Wildman–Crippen MR) is 94.5 cm³/mol. The topological polar surface area (TPSA) is 104 Å². The van der Waals surface area contributed by atoms with E-state index in [0.29, 0.717) is 31.9 Å². The van der Waals surface area contributed by atoms with E-state index in [2.05, 4.69) is 20.6 Å². The summed E-state index contributed by atoms with van der Waals surface area (Å²) in [5, 5.41) is 14.9. The van der Waals surface area contributed by atoms with Crippen molar-refractivity contribution in [1.82, 2.24) is 15.3 Å². The van der Waals surface area contributed by atoms with Gasteiger partial charge in [0.25, 0.3) is 0 Å². The van der Waals surface area contributed by atoms with Crippen LogP contribution in [0.3, 0.4) is 0 Å². The van der Waals surface area contributed by atoms with Crippen molar-refractivity contribution in [2.45, 2.75) is 33.2 Å². The molecule has 0 aliphatic carbocycles. The molecule has 0 aliphatic heterocycles. The van der Waals surface area contributed by atoms with Crippen LogP contribution in [-0.4, -0.2) is 33.5 Å². The van der Waals surface area contributed by atoms with E-state index in [0.717, 1.165) is 17.0 Å². The lowest BCUT2D eigenvalue weighted by Gasteiger charge is -2.08. The summed E-state index contributed by atoms with van der Waals surface area (Å²) < 4.78 is 0. The van der Waals surface area contributed by atoms with Crippen LogP contribution in [0.1, 0.15) is 40.2 Å². The Labute approximate surface area is 146 Å². The van der Waals surface area contributed by atoms with E-state index in [1.54, 1.807) is 18.2 Å². The van der Waals surface area contributed by atoms with Crippen LogP contribution >= 0.6 is 0 Å². The molecule has 0 saturated heterocycles. The maximum absolute atomic E-state index is 11.9. The van der Waals surface area contributed by atoms with Gasteiger partial charge in [0.2, 0.25) is 11.9 Å². The molecule has 0 bridgehead atoms. The van der Waals surface area contributed by atoms with Crippen molar-refractivity contribution in [3.05, 3.63) is 52.8 Å². The smallest absolute Gasteiger partial charge is 0.335 e. The maximum atomic E-state index is 11.9. The number of nitrogens with one attached hydrogen (secondary N) is 2. The summed E-state index contributed by atoms with van der Waals surface area (Å²) in [4.78, 5) is 31.3. The first-order valence-corrected chi connectivity index (χ1v) is 8.09. The summed E-state index contributed by atoms with van der Waals surface area (Å²) in [6, 6.07) is 8.43. The number of amides is 1. The molecule has 7 heteroatoms. The number of nitrogens with zero attached hydrogens (tertiary/aromatic N) is 2. The van der Waals surface area contributed by atoms with Crippen molar-refractivity contribution < 1.29 is 14.7 Å². The first-order valence-electron chi connectivity index (χ1n) is 8.09. The summed E-state index contributed by atoms with van der Waals surface area (Å²) in [6.07, 6.45) is 1.02. The van der Waals surface area contributed by atoms with Crippen LogP contribution in [0, 0.1) is 13.8 Å². The van der Waals surface area contributed by atoms with Gasteiger partial charge >= 0.3 is 5.97 Å². The molecule has 132 valence electrons. The van der Waals surface area contributed by atoms with E-state index in [1.807, 2.05) is 19.9 Å². The molecule has 25 heavy (non-hydrogen) atoms.